The van der Waals surface area contributed by atoms with Crippen LogP contribution in [0.2, 0.25) is 10.0 Å². The van der Waals surface area contributed by atoms with Crippen molar-refractivity contribution in [3.05, 3.63) is 195 Å². The van der Waals surface area contributed by atoms with Crippen LogP contribution in [0.4, 0.5) is 5.69 Å². The van der Waals surface area contributed by atoms with Crippen LogP contribution in [0, 0.1) is 0 Å². The number of aliphatic hydroxyl groups excluding tert-OH is 1. The summed E-state index contributed by atoms with van der Waals surface area (Å²) in [7, 11) is 0. The molecule has 29 heteroatoms. The number of phenols is 6. The van der Waals surface area contributed by atoms with E-state index in [1.165, 1.54) is 54.6 Å². The summed E-state index contributed by atoms with van der Waals surface area (Å²) >= 11 is 19.5. The van der Waals surface area contributed by atoms with Crippen molar-refractivity contribution in [2.24, 2.45) is 0 Å². The summed E-state index contributed by atoms with van der Waals surface area (Å²) in [5.74, 6) is -15.1. The highest BCUT2D eigenvalue weighted by Crippen LogP contribution is 2.48. The second-order valence-corrected chi connectivity index (χ2v) is 23.2. The van der Waals surface area contributed by atoms with Crippen LogP contribution in [-0.2, 0) is 40.0 Å². The summed E-state index contributed by atoms with van der Waals surface area (Å²) < 4.78 is 18.7. The number of carbonyl (C=O) groups is 7. The Labute approximate surface area is 545 Å². The Morgan fingerprint density at radius 3 is 1.79 bits per heavy atom. The van der Waals surface area contributed by atoms with Crippen molar-refractivity contribution in [3.63, 3.8) is 0 Å². The van der Waals surface area contributed by atoms with E-state index in [4.69, 9.17) is 49.6 Å². The molecule has 94 heavy (non-hydrogen) atoms. The molecule has 26 nitrogen and oxygen atoms in total. The van der Waals surface area contributed by atoms with Gasteiger partial charge in [-0.3, -0.25) is 28.8 Å². The van der Waals surface area contributed by atoms with Crippen molar-refractivity contribution in [1.82, 2.24) is 37.2 Å². The highest BCUT2D eigenvalue weighted by Gasteiger charge is 2.41. The van der Waals surface area contributed by atoms with E-state index in [2.05, 4.69) is 42.5 Å². The standard InChI is InChI=1S/C65H50Cl2N8O18S/c66-38-14-26-6-12-44(38)92-47-21-31-22-48(57(47)82)93-45-13-9-29(19-39(45)67)56(81)55-63(88)73-54(64(89)90)37-24-34(77)25-43(80)49(37)36-18-27(7-10-41(36)78)50(60(85)74-55)71-62(87)53(31)72-61(86)52-30-16-33(76)23-35(17-30)91-46-20-28(8-11-42(46)79)51(59(84)69-40(15-26)58(83)70-52)75-65(94)68-32-4-2-1-3-5-32/h1-14,16-25,40,50-56,76-82H,15H2,(H,69,84)(H,70,83)(H,71,87)(H,72,86)(H,73,88)(H,74,85)(H,89,90)(H2,68,75,94)/t40-,50-,51-,52+,53-,54+,55+,56-/m1/s1. The van der Waals surface area contributed by atoms with E-state index in [9.17, 15) is 55.2 Å². The number of hydrogen-bond acceptors (Lipinski definition) is 18. The Kier molecular flexibility index (Phi) is 16.9. The van der Waals surface area contributed by atoms with E-state index < -0.39 is 152 Å². The van der Waals surface area contributed by atoms with E-state index in [0.29, 0.717) is 11.3 Å². The lowest BCUT2D eigenvalue weighted by Crippen LogP contribution is -2.55. The van der Waals surface area contributed by atoms with Crippen molar-refractivity contribution in [2.75, 3.05) is 5.32 Å². The maximum Gasteiger partial charge on any atom is 0.330 e. The lowest BCUT2D eigenvalue weighted by atomic mass is 9.89. The van der Waals surface area contributed by atoms with Gasteiger partial charge in [0.1, 0.15) is 82.6 Å². The van der Waals surface area contributed by atoms with Gasteiger partial charge in [-0.25, -0.2) is 4.79 Å². The molecule has 0 radical (unpaired) electrons. The maximum absolute atomic E-state index is 15.8. The number of thiocarbonyl (C=S) groups is 1. The molecule has 6 amide bonds. The number of benzene rings is 8. The number of halogens is 2. The number of aliphatic carboxylic acids is 1. The molecule has 0 aromatic heterocycles. The Morgan fingerprint density at radius 1 is 0.511 bits per heavy atom. The molecule has 16 N–H and O–H groups in total. The number of carboxylic acid groups (broad SMARTS) is 1. The van der Waals surface area contributed by atoms with Crippen LogP contribution >= 0.6 is 35.4 Å². The van der Waals surface area contributed by atoms with Crippen molar-refractivity contribution in [1.29, 1.82) is 0 Å². The van der Waals surface area contributed by atoms with Gasteiger partial charge in [-0.15, -0.1) is 0 Å². The maximum atomic E-state index is 15.8. The molecule has 6 aliphatic heterocycles. The molecule has 14 rings (SSSR count). The molecule has 0 saturated heterocycles. The Bertz CT molecular complexity index is 4530. The summed E-state index contributed by atoms with van der Waals surface area (Å²) in [6.45, 7) is 0. The monoisotopic (exact) mass is 1330 g/mol. The summed E-state index contributed by atoms with van der Waals surface area (Å²) in [5.41, 5.74) is -1.52. The minimum Gasteiger partial charge on any atom is -0.508 e. The van der Waals surface area contributed by atoms with Gasteiger partial charge in [-0.1, -0.05) is 65.7 Å². The van der Waals surface area contributed by atoms with Gasteiger partial charge in [0.05, 0.1) is 10.0 Å². The highest BCUT2D eigenvalue weighted by atomic mass is 35.5. The zero-order valence-corrected chi connectivity index (χ0v) is 50.3. The molecule has 0 saturated carbocycles. The molecule has 478 valence electrons. The van der Waals surface area contributed by atoms with Gasteiger partial charge in [-0.2, -0.15) is 0 Å². The van der Waals surface area contributed by atoms with Crippen LogP contribution in [0.3, 0.4) is 0 Å². The fraction of sp³-hybridized carbons (Fsp3) is 0.138. The Hall–Kier alpha value is -11.5. The number of hydrogen-bond donors (Lipinski definition) is 16. The molecule has 6 heterocycles. The van der Waals surface area contributed by atoms with Crippen LogP contribution in [-0.4, -0.2) is 99.5 Å². The van der Waals surface area contributed by atoms with Gasteiger partial charge in [0.25, 0.3) is 0 Å². The molecule has 8 aromatic carbocycles. The number of aliphatic hydroxyl groups is 1. The molecular formula is C65H50Cl2N8O18S. The van der Waals surface area contributed by atoms with Gasteiger partial charge < -0.3 is 97.6 Å². The lowest BCUT2D eigenvalue weighted by molar-refractivity contribution is -0.143. The Morgan fingerprint density at radius 2 is 1.11 bits per heavy atom. The van der Waals surface area contributed by atoms with Crippen LogP contribution in [0.1, 0.15) is 75.3 Å². The number of para-hydroxylation sites is 1. The quantitative estimate of drug-likeness (QED) is 0.0790. The van der Waals surface area contributed by atoms with E-state index in [0.717, 1.165) is 60.7 Å². The summed E-state index contributed by atoms with van der Waals surface area (Å²) in [6, 6.07) is 16.9. The number of rotatable bonds is 3. The largest absolute Gasteiger partial charge is 0.508 e. The second-order valence-electron chi connectivity index (χ2n) is 22.0. The number of nitrogens with one attached hydrogen (secondary N) is 8. The molecule has 8 aromatic rings. The minimum absolute atomic E-state index is 0.0641. The first-order valence-corrected chi connectivity index (χ1v) is 29.5. The first kappa shape index (κ1) is 62.7. The van der Waals surface area contributed by atoms with Gasteiger partial charge in [0.2, 0.25) is 41.2 Å². The first-order valence-electron chi connectivity index (χ1n) is 28.3. The fourth-order valence-corrected chi connectivity index (χ4v) is 11.9. The van der Waals surface area contributed by atoms with Gasteiger partial charge in [0, 0.05) is 40.9 Å². The number of aromatic hydroxyl groups is 6. The smallest absolute Gasteiger partial charge is 0.330 e. The van der Waals surface area contributed by atoms with Crippen LogP contribution in [0.5, 0.6) is 69.0 Å². The topological polar surface area (TPSA) is 405 Å². The second kappa shape index (κ2) is 25.3. The van der Waals surface area contributed by atoms with E-state index in [1.54, 1.807) is 30.3 Å². The first-order chi connectivity index (χ1) is 44.9. The molecular weight excluding hydrogens is 1280 g/mol. The van der Waals surface area contributed by atoms with Crippen LogP contribution < -0.4 is 56.7 Å². The van der Waals surface area contributed by atoms with Crippen molar-refractivity contribution < 1.29 is 88.6 Å². The lowest BCUT2D eigenvalue weighted by Gasteiger charge is -2.31. The third kappa shape index (κ3) is 12.6. The predicted octanol–water partition coefficient (Wildman–Crippen LogP) is 7.01. The molecule has 8 atom stereocenters. The minimum atomic E-state index is -2.21. The third-order valence-corrected chi connectivity index (χ3v) is 16.5. The van der Waals surface area contributed by atoms with Gasteiger partial charge >= 0.3 is 5.97 Å². The zero-order valence-electron chi connectivity index (χ0n) is 48.0. The molecule has 6 aliphatic rings. The molecule has 0 unspecified atom stereocenters. The average molecular weight is 1330 g/mol. The van der Waals surface area contributed by atoms with Crippen LogP contribution in [0.25, 0.3) is 11.1 Å². The van der Waals surface area contributed by atoms with Crippen molar-refractivity contribution in [3.8, 4) is 80.1 Å². The molecule has 17 bridgehead atoms. The SMILES string of the molecule is O=C1N[C@H]2C(=O)N[C@H]3C(=O)N[C@H](C(=O)N[C@H](C(=O)O)c4cc(O)cc(O)c4-c4cc3ccc4O)[C@H](O)c3ccc(c(Cl)c3)Oc3cc2cc(c3O)Oc2ccc(cc2Cl)C[C@H]2NC(=O)[C@H](NC(=S)Nc3ccccc3)c3ccc(O)c(c3)Oc3cc(O)cc(c3)[C@@H]1NC2=O. The highest BCUT2D eigenvalue weighted by molar-refractivity contribution is 7.80. The number of phenolic OH excluding ortho intramolecular Hbond substituents is 6. The fourth-order valence-electron chi connectivity index (χ4n) is 11.2. The van der Waals surface area contributed by atoms with E-state index in [1.807, 2.05) is 0 Å². The van der Waals surface area contributed by atoms with E-state index >= 15 is 19.2 Å². The summed E-state index contributed by atoms with van der Waals surface area (Å²) in [6.07, 6.45) is -2.52. The summed E-state index contributed by atoms with van der Waals surface area (Å²) in [4.78, 5) is 105. The normalized spacial score (nSPS) is 20.9. The summed E-state index contributed by atoms with van der Waals surface area (Å²) in [5, 5.41) is 112. The van der Waals surface area contributed by atoms with Crippen molar-refractivity contribution in [2.45, 2.75) is 54.8 Å². The molecule has 0 spiro atoms. The number of ether oxygens (including phenoxy) is 3. The van der Waals surface area contributed by atoms with Crippen molar-refractivity contribution >= 4 is 87.6 Å². The Balaban J connectivity index is 1.05. The number of anilines is 1. The average Bonchev–Trinajstić information content (AvgIpc) is 0.823. The van der Waals surface area contributed by atoms with Gasteiger partial charge in [-0.05, 0) is 137 Å². The number of amides is 6. The zero-order chi connectivity index (χ0) is 66.5. The van der Waals surface area contributed by atoms with E-state index in [-0.39, 0.29) is 72.4 Å². The number of carboxylic acids is 1. The predicted molar refractivity (Wildman–Crippen MR) is 337 cm³/mol. The third-order valence-electron chi connectivity index (χ3n) is 15.7. The molecule has 0 aliphatic carbocycles. The number of fused-ring (bicyclic) bond motifs is 14. The van der Waals surface area contributed by atoms with Crippen LogP contribution in [0.15, 0.2) is 146 Å². The molecule has 0 fully saturated rings. The van der Waals surface area contributed by atoms with Gasteiger partial charge in [0.15, 0.2) is 34.2 Å². The number of carbonyl (C=O) groups excluding carboxylic acids is 6.